The predicted octanol–water partition coefficient (Wildman–Crippen LogP) is 2.32. The normalized spacial score (nSPS) is 18.0. The van der Waals surface area contributed by atoms with Crippen LogP contribution in [0.5, 0.6) is 0 Å². The van der Waals surface area contributed by atoms with Crippen LogP contribution in [0.4, 0.5) is 0 Å². The lowest BCUT2D eigenvalue weighted by atomic mass is 9.82. The molecule has 3 N–H and O–H groups in total. The van der Waals surface area contributed by atoms with Crippen molar-refractivity contribution in [1.29, 1.82) is 0 Å². The maximum absolute atomic E-state index is 12.2. The maximum atomic E-state index is 12.2. The first-order chi connectivity index (χ1) is 9.12. The third-order valence-electron chi connectivity index (χ3n) is 4.14. The Bertz CT molecular complexity index is 436. The molecule has 1 aliphatic rings. The molecule has 0 radical (unpaired) electrons. The first-order valence-electron chi connectivity index (χ1n) is 7.23. The highest BCUT2D eigenvalue weighted by atomic mass is 16.2. The zero-order chi connectivity index (χ0) is 13.7. The van der Waals surface area contributed by atoms with E-state index in [-0.39, 0.29) is 5.91 Å². The van der Waals surface area contributed by atoms with Crippen molar-refractivity contribution in [2.45, 2.75) is 51.0 Å². The molecule has 104 valence electrons. The first-order valence-corrected chi connectivity index (χ1v) is 7.23. The number of carbonyl (C=O) groups excluding carboxylic acids is 1. The van der Waals surface area contributed by atoms with Gasteiger partial charge in [0.05, 0.1) is 5.54 Å². The number of nitrogens with one attached hydrogen (secondary N) is 1. The fourth-order valence-electron chi connectivity index (χ4n) is 2.79. The van der Waals surface area contributed by atoms with Crippen molar-refractivity contribution >= 4 is 5.91 Å². The van der Waals surface area contributed by atoms with Crippen molar-refractivity contribution in [3.05, 3.63) is 35.4 Å². The molecule has 19 heavy (non-hydrogen) atoms. The van der Waals surface area contributed by atoms with E-state index in [2.05, 4.69) is 24.4 Å². The lowest BCUT2D eigenvalue weighted by Crippen LogP contribution is -2.55. The largest absolute Gasteiger partial charge is 0.354 e. The molecule has 0 saturated heterocycles. The van der Waals surface area contributed by atoms with Gasteiger partial charge < -0.3 is 11.1 Å². The van der Waals surface area contributed by atoms with E-state index in [1.54, 1.807) is 0 Å². The molecule has 0 unspecified atom stereocenters. The third-order valence-corrected chi connectivity index (χ3v) is 4.14. The average molecular weight is 260 g/mol. The number of carbonyl (C=O) groups is 1. The van der Waals surface area contributed by atoms with E-state index in [0.717, 1.165) is 32.1 Å². The van der Waals surface area contributed by atoms with Gasteiger partial charge in [-0.2, -0.15) is 0 Å². The van der Waals surface area contributed by atoms with Crippen LogP contribution in [0.15, 0.2) is 24.3 Å². The van der Waals surface area contributed by atoms with Crippen LogP contribution in [0, 0.1) is 6.92 Å². The van der Waals surface area contributed by atoms with Crippen molar-refractivity contribution < 1.29 is 4.79 Å². The molecule has 1 saturated carbocycles. The molecule has 1 aromatic rings. The zero-order valence-corrected chi connectivity index (χ0v) is 11.7. The van der Waals surface area contributed by atoms with Crippen molar-refractivity contribution in [1.82, 2.24) is 5.32 Å². The molecule has 0 aliphatic heterocycles. The second-order valence-corrected chi connectivity index (χ2v) is 5.65. The van der Waals surface area contributed by atoms with Crippen LogP contribution in [-0.2, 0) is 11.2 Å². The molecule has 3 nitrogen and oxygen atoms in total. The van der Waals surface area contributed by atoms with E-state index in [9.17, 15) is 4.79 Å². The molecule has 1 aliphatic carbocycles. The molecule has 1 aromatic carbocycles. The Labute approximate surface area is 115 Å². The SMILES string of the molecule is Cc1ccccc1CCNC(=O)C1(N)CCCCC1. The summed E-state index contributed by atoms with van der Waals surface area (Å²) in [5, 5.41) is 3.00. The van der Waals surface area contributed by atoms with Gasteiger partial charge in [-0.15, -0.1) is 0 Å². The van der Waals surface area contributed by atoms with Gasteiger partial charge in [0.1, 0.15) is 0 Å². The maximum Gasteiger partial charge on any atom is 0.240 e. The molecule has 1 amide bonds. The fraction of sp³-hybridized carbons (Fsp3) is 0.562. The summed E-state index contributed by atoms with van der Waals surface area (Å²) in [6, 6.07) is 8.28. The zero-order valence-electron chi connectivity index (χ0n) is 11.7. The van der Waals surface area contributed by atoms with Crippen LogP contribution in [0.1, 0.15) is 43.2 Å². The van der Waals surface area contributed by atoms with Gasteiger partial charge in [-0.25, -0.2) is 0 Å². The lowest BCUT2D eigenvalue weighted by Gasteiger charge is -2.31. The number of nitrogens with two attached hydrogens (primary N) is 1. The molecular formula is C16H24N2O. The van der Waals surface area contributed by atoms with Gasteiger partial charge in [0.15, 0.2) is 0 Å². The summed E-state index contributed by atoms with van der Waals surface area (Å²) in [5.41, 5.74) is 8.14. The highest BCUT2D eigenvalue weighted by Gasteiger charge is 2.34. The van der Waals surface area contributed by atoms with Crippen LogP contribution in [-0.4, -0.2) is 18.0 Å². The van der Waals surface area contributed by atoms with E-state index in [1.165, 1.54) is 17.5 Å². The van der Waals surface area contributed by atoms with Crippen LogP contribution < -0.4 is 11.1 Å². The van der Waals surface area contributed by atoms with Crippen molar-refractivity contribution in [3.63, 3.8) is 0 Å². The number of rotatable bonds is 4. The van der Waals surface area contributed by atoms with E-state index >= 15 is 0 Å². The number of amides is 1. The molecule has 1 fully saturated rings. The number of hydrogen-bond acceptors (Lipinski definition) is 2. The first kappa shape index (κ1) is 14.1. The van der Waals surface area contributed by atoms with E-state index < -0.39 is 5.54 Å². The summed E-state index contributed by atoms with van der Waals surface area (Å²) < 4.78 is 0. The lowest BCUT2D eigenvalue weighted by molar-refractivity contribution is -0.127. The van der Waals surface area contributed by atoms with Crippen LogP contribution >= 0.6 is 0 Å². The minimum absolute atomic E-state index is 0.0285. The Balaban J connectivity index is 1.82. The third kappa shape index (κ3) is 3.57. The molecule has 0 bridgehead atoms. The fourth-order valence-corrected chi connectivity index (χ4v) is 2.79. The van der Waals surface area contributed by atoms with Gasteiger partial charge in [0.25, 0.3) is 0 Å². The molecule has 2 rings (SSSR count). The van der Waals surface area contributed by atoms with Crippen molar-refractivity contribution in [2.75, 3.05) is 6.54 Å². The summed E-state index contributed by atoms with van der Waals surface area (Å²) in [6.45, 7) is 2.77. The Morgan fingerprint density at radius 2 is 1.95 bits per heavy atom. The number of benzene rings is 1. The number of aryl methyl sites for hydroxylation is 1. The summed E-state index contributed by atoms with van der Waals surface area (Å²) in [4.78, 5) is 12.2. The van der Waals surface area contributed by atoms with Gasteiger partial charge in [0.2, 0.25) is 5.91 Å². The van der Waals surface area contributed by atoms with E-state index in [0.29, 0.717) is 6.54 Å². The van der Waals surface area contributed by atoms with Crippen molar-refractivity contribution in [3.8, 4) is 0 Å². The van der Waals surface area contributed by atoms with Gasteiger partial charge in [-0.1, -0.05) is 43.5 Å². The highest BCUT2D eigenvalue weighted by Crippen LogP contribution is 2.25. The van der Waals surface area contributed by atoms with Gasteiger partial charge in [-0.3, -0.25) is 4.79 Å². The van der Waals surface area contributed by atoms with Crippen LogP contribution in [0.3, 0.4) is 0 Å². The summed E-state index contributed by atoms with van der Waals surface area (Å²) in [6.07, 6.45) is 5.86. The molecule has 0 atom stereocenters. The minimum Gasteiger partial charge on any atom is -0.354 e. The van der Waals surface area contributed by atoms with Gasteiger partial charge in [-0.05, 0) is 37.3 Å². The highest BCUT2D eigenvalue weighted by molar-refractivity contribution is 5.86. The number of hydrogen-bond donors (Lipinski definition) is 2. The van der Waals surface area contributed by atoms with Gasteiger partial charge in [0, 0.05) is 6.54 Å². The average Bonchev–Trinajstić information content (AvgIpc) is 2.41. The molecule has 3 heteroatoms. The molecule has 0 spiro atoms. The van der Waals surface area contributed by atoms with E-state index in [1.807, 2.05) is 12.1 Å². The molecule has 0 heterocycles. The van der Waals surface area contributed by atoms with Crippen LogP contribution in [0.25, 0.3) is 0 Å². The summed E-state index contributed by atoms with van der Waals surface area (Å²) >= 11 is 0. The van der Waals surface area contributed by atoms with E-state index in [4.69, 9.17) is 5.73 Å². The summed E-state index contributed by atoms with van der Waals surface area (Å²) in [7, 11) is 0. The molecular weight excluding hydrogens is 236 g/mol. The Morgan fingerprint density at radius 1 is 1.26 bits per heavy atom. The predicted molar refractivity (Wildman–Crippen MR) is 77.9 cm³/mol. The monoisotopic (exact) mass is 260 g/mol. The molecule has 0 aromatic heterocycles. The van der Waals surface area contributed by atoms with Crippen molar-refractivity contribution in [2.24, 2.45) is 5.73 Å². The Morgan fingerprint density at radius 3 is 2.63 bits per heavy atom. The Hall–Kier alpha value is -1.35. The topological polar surface area (TPSA) is 55.1 Å². The standard InChI is InChI=1S/C16H24N2O/c1-13-7-3-4-8-14(13)9-12-18-15(19)16(17)10-5-2-6-11-16/h3-4,7-8H,2,5-6,9-12,17H2,1H3,(H,18,19). The minimum atomic E-state index is -0.621. The smallest absolute Gasteiger partial charge is 0.240 e. The Kier molecular flexibility index (Phi) is 4.59. The second kappa shape index (κ2) is 6.20. The second-order valence-electron chi connectivity index (χ2n) is 5.65. The summed E-state index contributed by atoms with van der Waals surface area (Å²) in [5.74, 6) is 0.0285. The quantitative estimate of drug-likeness (QED) is 0.873. The van der Waals surface area contributed by atoms with Crippen LogP contribution in [0.2, 0.25) is 0 Å². The van der Waals surface area contributed by atoms with Gasteiger partial charge >= 0.3 is 0 Å².